The highest BCUT2D eigenvalue weighted by molar-refractivity contribution is 6.06. The number of ether oxygens (including phenoxy) is 2. The molecule has 1 atom stereocenters. The van der Waals surface area contributed by atoms with Gasteiger partial charge in [-0.05, 0) is 36.4 Å². The van der Waals surface area contributed by atoms with Crippen molar-refractivity contribution < 1.29 is 63.3 Å². The summed E-state index contributed by atoms with van der Waals surface area (Å²) in [7, 11) is 1.95. The zero-order valence-corrected chi connectivity index (χ0v) is 24.2. The highest BCUT2D eigenvalue weighted by atomic mass is 19.4. The number of rotatable bonds is 10. The van der Waals surface area contributed by atoms with E-state index < -0.39 is 88.9 Å². The fourth-order valence-electron chi connectivity index (χ4n) is 4.36. The van der Waals surface area contributed by atoms with Gasteiger partial charge in [0.15, 0.2) is 11.9 Å². The topological polar surface area (TPSA) is 120 Å². The average molecular weight is 697 g/mol. The zero-order chi connectivity index (χ0) is 35.7. The van der Waals surface area contributed by atoms with E-state index in [1.807, 2.05) is 5.32 Å². The molecule has 0 aliphatic rings. The molecular weight excluding hydrogens is 676 g/mol. The summed E-state index contributed by atoms with van der Waals surface area (Å²) in [5.41, 5.74) is -6.35. The molecule has 0 saturated carbocycles. The van der Waals surface area contributed by atoms with Crippen LogP contribution in [0.4, 0.5) is 55.4 Å². The molecule has 4 rings (SSSR count). The maximum absolute atomic E-state index is 15.3. The number of aromatic nitrogens is 3. The van der Waals surface area contributed by atoms with Crippen molar-refractivity contribution in [3.05, 3.63) is 81.6 Å². The first-order valence-corrected chi connectivity index (χ1v) is 13.1. The highest BCUT2D eigenvalue weighted by Gasteiger charge is 2.39. The monoisotopic (exact) mass is 697 g/mol. The van der Waals surface area contributed by atoms with Crippen LogP contribution in [0.5, 0.6) is 11.5 Å². The van der Waals surface area contributed by atoms with E-state index in [0.29, 0.717) is 28.9 Å². The normalized spacial score (nSPS) is 12.6. The molecule has 0 unspecified atom stereocenters. The number of aliphatic hydroxyl groups excluding tert-OH is 1. The van der Waals surface area contributed by atoms with E-state index in [1.165, 1.54) is 0 Å². The molecule has 0 bridgehead atoms. The Kier molecular flexibility index (Phi) is 9.97. The van der Waals surface area contributed by atoms with Gasteiger partial charge in [0.05, 0.1) is 19.2 Å². The number of amides is 1. The molecule has 0 aliphatic heterocycles. The molecule has 20 heteroatoms. The zero-order valence-electron chi connectivity index (χ0n) is 24.2. The summed E-state index contributed by atoms with van der Waals surface area (Å²) in [4.78, 5) is 30.5. The van der Waals surface area contributed by atoms with Gasteiger partial charge in [0, 0.05) is 24.7 Å². The van der Waals surface area contributed by atoms with Crippen molar-refractivity contribution >= 4 is 17.4 Å². The number of carbonyl (C=O) groups excluding carboxylic acids is 1. The standard InChI is InChI=1S/C28H21F10N5O5/c1-42-22(20-16(29)9-14(47-2)10-17(20)30)21(41-24(45)12-3-5-13(6-4-12)48-26(31)32)25(46)43(42)23-15(27(33,34)35)7-8-19(40-23)39-11-18(44)28(36,37)38/h3-10,18,26,44H,11H2,1-2H3,(H,39,40)(H,41,45)/t18-/m0/s1. The Balaban J connectivity index is 1.94. The van der Waals surface area contributed by atoms with Crippen LogP contribution in [0.3, 0.4) is 0 Å². The van der Waals surface area contributed by atoms with Gasteiger partial charge in [-0.15, -0.1) is 0 Å². The smallest absolute Gasteiger partial charge is 0.420 e. The van der Waals surface area contributed by atoms with Crippen LogP contribution in [0.1, 0.15) is 15.9 Å². The Hall–Kier alpha value is -5.27. The van der Waals surface area contributed by atoms with Crippen LogP contribution in [0.2, 0.25) is 0 Å². The molecule has 4 aromatic rings. The summed E-state index contributed by atoms with van der Waals surface area (Å²) >= 11 is 0. The van der Waals surface area contributed by atoms with E-state index in [1.54, 1.807) is 0 Å². The molecule has 0 aliphatic carbocycles. The first-order valence-electron chi connectivity index (χ1n) is 13.1. The van der Waals surface area contributed by atoms with E-state index >= 15 is 8.78 Å². The summed E-state index contributed by atoms with van der Waals surface area (Å²) in [6.07, 6.45) is -13.3. The lowest BCUT2D eigenvalue weighted by atomic mass is 10.1. The first kappa shape index (κ1) is 35.6. The molecule has 0 fully saturated rings. The van der Waals surface area contributed by atoms with Gasteiger partial charge in [0.25, 0.3) is 11.5 Å². The van der Waals surface area contributed by atoms with Crippen molar-refractivity contribution in [2.24, 2.45) is 7.05 Å². The van der Waals surface area contributed by atoms with E-state index in [9.17, 15) is 49.8 Å². The minimum Gasteiger partial charge on any atom is -0.497 e. The Morgan fingerprint density at radius 1 is 0.979 bits per heavy atom. The van der Waals surface area contributed by atoms with Crippen molar-refractivity contribution in [3.8, 4) is 28.6 Å². The van der Waals surface area contributed by atoms with Crippen molar-refractivity contribution in [1.82, 2.24) is 14.3 Å². The maximum atomic E-state index is 15.3. The summed E-state index contributed by atoms with van der Waals surface area (Å²) in [6, 6.07) is 6.13. The fraction of sp³-hybridized carbons (Fsp3) is 0.250. The van der Waals surface area contributed by atoms with Crippen molar-refractivity contribution in [2.45, 2.75) is 25.1 Å². The van der Waals surface area contributed by atoms with Crippen LogP contribution >= 0.6 is 0 Å². The van der Waals surface area contributed by atoms with Gasteiger partial charge in [-0.1, -0.05) is 0 Å². The molecule has 10 nitrogen and oxygen atoms in total. The Morgan fingerprint density at radius 2 is 1.58 bits per heavy atom. The van der Waals surface area contributed by atoms with Crippen LogP contribution in [0.25, 0.3) is 17.1 Å². The molecular formula is C28H21F10N5O5. The Bertz CT molecular complexity index is 1850. The van der Waals surface area contributed by atoms with E-state index in [-0.39, 0.29) is 21.7 Å². The highest BCUT2D eigenvalue weighted by Crippen LogP contribution is 2.37. The van der Waals surface area contributed by atoms with Crippen LogP contribution < -0.4 is 25.7 Å². The molecule has 0 spiro atoms. The lowest BCUT2D eigenvalue weighted by Gasteiger charge is -2.18. The lowest BCUT2D eigenvalue weighted by Crippen LogP contribution is -2.35. The van der Waals surface area contributed by atoms with Crippen LogP contribution in [-0.4, -0.2) is 57.9 Å². The Labute approximate surface area is 262 Å². The number of hydrogen-bond acceptors (Lipinski definition) is 7. The Morgan fingerprint density at radius 3 is 2.10 bits per heavy atom. The van der Waals surface area contributed by atoms with E-state index in [2.05, 4.69) is 15.0 Å². The van der Waals surface area contributed by atoms with Crippen molar-refractivity contribution in [1.29, 1.82) is 0 Å². The molecule has 2 aromatic heterocycles. The molecule has 1 amide bonds. The predicted molar refractivity (Wildman–Crippen MR) is 147 cm³/mol. The minimum atomic E-state index is -5.27. The number of anilines is 2. The third-order valence-electron chi connectivity index (χ3n) is 6.57. The molecule has 2 aromatic carbocycles. The predicted octanol–water partition coefficient (Wildman–Crippen LogP) is 5.73. The first-order chi connectivity index (χ1) is 22.3. The molecule has 0 saturated heterocycles. The number of benzene rings is 2. The third-order valence-corrected chi connectivity index (χ3v) is 6.57. The summed E-state index contributed by atoms with van der Waals surface area (Å²) in [5.74, 6) is -6.68. The molecule has 2 heterocycles. The van der Waals surface area contributed by atoms with Crippen LogP contribution in [0.15, 0.2) is 53.3 Å². The van der Waals surface area contributed by atoms with Gasteiger partial charge in [0.1, 0.15) is 45.9 Å². The summed E-state index contributed by atoms with van der Waals surface area (Å²) in [6.45, 7) is -4.47. The second kappa shape index (κ2) is 13.5. The average Bonchev–Trinajstić information content (AvgIpc) is 3.22. The number of hydrogen-bond donors (Lipinski definition) is 3. The number of nitrogens with zero attached hydrogens (tertiary/aromatic N) is 3. The maximum Gasteiger partial charge on any atom is 0.420 e. The number of aliphatic hydroxyl groups is 1. The van der Waals surface area contributed by atoms with Gasteiger partial charge in [-0.3, -0.25) is 14.3 Å². The van der Waals surface area contributed by atoms with Crippen molar-refractivity contribution in [3.63, 3.8) is 0 Å². The van der Waals surface area contributed by atoms with Gasteiger partial charge in [-0.2, -0.15) is 39.8 Å². The second-order valence-electron chi connectivity index (χ2n) is 9.69. The number of methoxy groups -OCH3 is 1. The third kappa shape index (κ3) is 7.48. The SMILES string of the molecule is COc1cc(F)c(-c2c(NC(=O)c3ccc(OC(F)F)cc3)c(=O)n(-c3nc(NC[C@H](O)C(F)(F)F)ccc3C(F)(F)F)n2C)c(F)c1. The van der Waals surface area contributed by atoms with Crippen LogP contribution in [-0.2, 0) is 13.2 Å². The number of carbonyl (C=O) groups is 1. The van der Waals surface area contributed by atoms with Gasteiger partial charge in [-0.25, -0.2) is 13.8 Å². The number of pyridine rings is 1. The minimum absolute atomic E-state index is 0.155. The van der Waals surface area contributed by atoms with Gasteiger partial charge in [0.2, 0.25) is 0 Å². The number of halogens is 10. The molecule has 48 heavy (non-hydrogen) atoms. The van der Waals surface area contributed by atoms with E-state index in [4.69, 9.17) is 4.74 Å². The summed E-state index contributed by atoms with van der Waals surface area (Å²) in [5, 5.41) is 13.3. The molecule has 3 N–H and O–H groups in total. The molecule has 0 radical (unpaired) electrons. The number of alkyl halides is 8. The van der Waals surface area contributed by atoms with Gasteiger partial charge >= 0.3 is 19.0 Å². The lowest BCUT2D eigenvalue weighted by molar-refractivity contribution is -0.198. The summed E-state index contributed by atoms with van der Waals surface area (Å²) < 4.78 is 146. The van der Waals surface area contributed by atoms with Crippen molar-refractivity contribution in [2.75, 3.05) is 24.3 Å². The largest absolute Gasteiger partial charge is 0.497 e. The van der Waals surface area contributed by atoms with Crippen LogP contribution in [0, 0.1) is 11.6 Å². The second-order valence-corrected chi connectivity index (χ2v) is 9.69. The number of nitrogens with one attached hydrogen (secondary N) is 2. The fourth-order valence-corrected chi connectivity index (χ4v) is 4.36. The quantitative estimate of drug-likeness (QED) is 0.181. The van der Waals surface area contributed by atoms with E-state index in [0.717, 1.165) is 38.4 Å². The van der Waals surface area contributed by atoms with Gasteiger partial charge < -0.3 is 25.2 Å². The molecule has 258 valence electrons.